The van der Waals surface area contributed by atoms with Crippen molar-refractivity contribution in [2.75, 3.05) is 6.54 Å². The van der Waals surface area contributed by atoms with Crippen LogP contribution in [0.15, 0.2) is 0 Å². The molecule has 0 aliphatic rings. The van der Waals surface area contributed by atoms with Crippen LogP contribution in [-0.4, -0.2) is 18.7 Å². The van der Waals surface area contributed by atoms with Gasteiger partial charge in [0.1, 0.15) is 5.97 Å². The van der Waals surface area contributed by atoms with Crippen LogP contribution in [0.1, 0.15) is 90.4 Å². The summed E-state index contributed by atoms with van der Waals surface area (Å²) in [7, 11) is 0. The molecule has 0 aliphatic carbocycles. The third kappa shape index (κ3) is 23.6. The van der Waals surface area contributed by atoms with Gasteiger partial charge in [0.2, 0.25) is 0 Å². The van der Waals surface area contributed by atoms with Gasteiger partial charge in [-0.1, -0.05) is 77.6 Å². The molecule has 0 saturated heterocycles. The lowest BCUT2D eigenvalue weighted by Gasteiger charge is -2.03. The minimum Gasteiger partial charge on any atom is -0.542 e. The molecule has 0 aliphatic heterocycles. The van der Waals surface area contributed by atoms with Crippen molar-refractivity contribution >= 4 is 5.97 Å². The van der Waals surface area contributed by atoms with Crippen molar-refractivity contribution in [3.05, 3.63) is 0 Å². The third-order valence-corrected chi connectivity index (χ3v) is 3.59. The molecule has 0 aromatic carbocycles. The van der Waals surface area contributed by atoms with Crippen molar-refractivity contribution in [2.24, 2.45) is 0 Å². The van der Waals surface area contributed by atoms with E-state index in [1.54, 1.807) is 0 Å². The summed E-state index contributed by atoms with van der Waals surface area (Å²) < 4.78 is 31.5. The molecule has 0 unspecified atom stereocenters. The van der Waals surface area contributed by atoms with Crippen molar-refractivity contribution in [3.8, 4) is 0 Å². The molecule has 0 heterocycles. The van der Waals surface area contributed by atoms with Gasteiger partial charge in [0, 0.05) is 0 Å². The van der Waals surface area contributed by atoms with Crippen LogP contribution in [0.4, 0.5) is 13.2 Å². The van der Waals surface area contributed by atoms with E-state index in [-0.39, 0.29) is 0 Å². The molecule has 23 heavy (non-hydrogen) atoms. The second-order valence-electron chi connectivity index (χ2n) is 5.88. The fourth-order valence-corrected chi connectivity index (χ4v) is 2.19. The molecule has 0 radical (unpaired) electrons. The number of rotatable bonds is 13. The Morgan fingerprint density at radius 3 is 1.26 bits per heavy atom. The van der Waals surface area contributed by atoms with E-state index < -0.39 is 12.1 Å². The predicted molar refractivity (Wildman–Crippen MR) is 84.5 cm³/mol. The Hall–Kier alpha value is -0.780. The Kier molecular flexibility index (Phi) is 18.7. The predicted octanol–water partition coefficient (Wildman–Crippen LogP) is 3.62. The number of hydrogen-bond acceptors (Lipinski definition) is 2. The van der Waals surface area contributed by atoms with Crippen molar-refractivity contribution in [2.45, 2.75) is 96.6 Å². The maximum absolute atomic E-state index is 10.5. The van der Waals surface area contributed by atoms with E-state index in [4.69, 9.17) is 9.90 Å². The zero-order valence-electron chi connectivity index (χ0n) is 14.6. The molecule has 0 bridgehead atoms. The standard InChI is InChI=1S/C15H33N.C2HF3O2/c1-2-3-4-5-6-7-8-9-10-11-12-13-14-15-16;3-2(4,5)1(6)7/h2-16H2,1H3;(H,6,7). The molecule has 0 spiro atoms. The van der Waals surface area contributed by atoms with Gasteiger partial charge in [0.15, 0.2) is 0 Å². The number of hydrogen-bond donors (Lipinski definition) is 1. The van der Waals surface area contributed by atoms with Gasteiger partial charge in [-0.05, 0) is 12.8 Å². The Morgan fingerprint density at radius 2 is 1.04 bits per heavy atom. The number of quaternary nitrogens is 1. The van der Waals surface area contributed by atoms with Crippen LogP contribution in [0.25, 0.3) is 0 Å². The van der Waals surface area contributed by atoms with Crippen LogP contribution in [0.5, 0.6) is 0 Å². The van der Waals surface area contributed by atoms with Crippen LogP contribution in [0.3, 0.4) is 0 Å². The first-order chi connectivity index (χ1) is 10.9. The molecule has 3 nitrogen and oxygen atoms in total. The van der Waals surface area contributed by atoms with Gasteiger partial charge in [-0.15, -0.1) is 0 Å². The summed E-state index contributed by atoms with van der Waals surface area (Å²) in [6, 6.07) is 0. The van der Waals surface area contributed by atoms with E-state index in [0.29, 0.717) is 0 Å². The van der Waals surface area contributed by atoms with Crippen LogP contribution in [0, 0.1) is 0 Å². The van der Waals surface area contributed by atoms with Gasteiger partial charge in [0.25, 0.3) is 0 Å². The lowest BCUT2D eigenvalue weighted by molar-refractivity contribution is -0.368. The Balaban J connectivity index is 0. The lowest BCUT2D eigenvalue weighted by Crippen LogP contribution is -2.50. The summed E-state index contributed by atoms with van der Waals surface area (Å²) in [5.74, 6) is -3.01. The summed E-state index contributed by atoms with van der Waals surface area (Å²) in [6.45, 7) is 3.41. The maximum atomic E-state index is 10.5. The fraction of sp³-hybridized carbons (Fsp3) is 0.941. The first kappa shape index (κ1) is 24.5. The summed E-state index contributed by atoms with van der Waals surface area (Å²) in [6.07, 6.45) is 13.5. The Labute approximate surface area is 138 Å². The molecule has 0 amide bonds. The van der Waals surface area contributed by atoms with Gasteiger partial charge in [-0.3, -0.25) is 0 Å². The topological polar surface area (TPSA) is 67.8 Å². The second kappa shape index (κ2) is 17.6. The van der Waals surface area contributed by atoms with E-state index in [1.165, 1.54) is 83.5 Å². The highest BCUT2D eigenvalue weighted by Crippen LogP contribution is 2.12. The van der Waals surface area contributed by atoms with Gasteiger partial charge < -0.3 is 15.6 Å². The van der Waals surface area contributed by atoms with Crippen molar-refractivity contribution < 1.29 is 28.8 Å². The fourth-order valence-electron chi connectivity index (χ4n) is 2.19. The number of carbonyl (C=O) groups is 1. The van der Waals surface area contributed by atoms with Crippen molar-refractivity contribution in [1.29, 1.82) is 0 Å². The molecular weight excluding hydrogens is 307 g/mol. The van der Waals surface area contributed by atoms with Crippen molar-refractivity contribution in [1.82, 2.24) is 0 Å². The SMILES string of the molecule is CCCCCCCCCCCCCCC[NH3+].O=C([O-])C(F)(F)F. The largest absolute Gasteiger partial charge is 0.542 e. The number of carboxylic acid groups (broad SMARTS) is 1. The molecule has 0 aromatic heterocycles. The normalized spacial score (nSPS) is 11.0. The molecule has 0 aromatic rings. The number of unbranched alkanes of at least 4 members (excludes halogenated alkanes) is 12. The monoisotopic (exact) mass is 341 g/mol. The average molecular weight is 341 g/mol. The zero-order valence-corrected chi connectivity index (χ0v) is 14.6. The number of halogens is 3. The lowest BCUT2D eigenvalue weighted by atomic mass is 10.0. The summed E-state index contributed by atoms with van der Waals surface area (Å²) >= 11 is 0. The summed E-state index contributed by atoms with van der Waals surface area (Å²) in [5, 5.41) is 8.78. The van der Waals surface area contributed by atoms with E-state index in [2.05, 4.69) is 12.7 Å². The molecule has 0 atom stereocenters. The van der Waals surface area contributed by atoms with E-state index in [9.17, 15) is 13.2 Å². The van der Waals surface area contributed by atoms with Gasteiger partial charge >= 0.3 is 6.18 Å². The highest BCUT2D eigenvalue weighted by Gasteiger charge is 2.28. The molecule has 6 heteroatoms. The summed E-state index contributed by atoms with van der Waals surface area (Å²) in [5.41, 5.74) is 3.87. The van der Waals surface area contributed by atoms with Crippen LogP contribution in [-0.2, 0) is 4.79 Å². The van der Waals surface area contributed by atoms with Crippen LogP contribution >= 0.6 is 0 Å². The highest BCUT2D eigenvalue weighted by molar-refractivity contribution is 5.70. The number of carbonyl (C=O) groups excluding carboxylic acids is 1. The highest BCUT2D eigenvalue weighted by atomic mass is 19.4. The first-order valence-corrected chi connectivity index (χ1v) is 8.93. The quantitative estimate of drug-likeness (QED) is 0.520. The molecule has 0 saturated carbocycles. The number of aliphatic carboxylic acids is 1. The van der Waals surface area contributed by atoms with E-state index in [1.807, 2.05) is 0 Å². The first-order valence-electron chi connectivity index (χ1n) is 8.93. The van der Waals surface area contributed by atoms with E-state index in [0.717, 1.165) is 6.54 Å². The van der Waals surface area contributed by atoms with E-state index >= 15 is 0 Å². The second-order valence-corrected chi connectivity index (χ2v) is 5.88. The molecule has 0 fully saturated rings. The van der Waals surface area contributed by atoms with Gasteiger partial charge in [-0.25, -0.2) is 0 Å². The smallest absolute Gasteiger partial charge is 0.430 e. The van der Waals surface area contributed by atoms with Crippen LogP contribution < -0.4 is 10.8 Å². The third-order valence-electron chi connectivity index (χ3n) is 3.59. The Bertz CT molecular complexity index is 245. The molecule has 140 valence electrons. The Morgan fingerprint density at radius 1 is 0.783 bits per heavy atom. The van der Waals surface area contributed by atoms with Crippen LogP contribution in [0.2, 0.25) is 0 Å². The number of alkyl halides is 3. The average Bonchev–Trinajstić information content (AvgIpc) is 2.48. The summed E-state index contributed by atoms with van der Waals surface area (Å²) in [4.78, 5) is 8.78. The van der Waals surface area contributed by atoms with Crippen molar-refractivity contribution in [3.63, 3.8) is 0 Å². The zero-order chi connectivity index (χ0) is 18.0. The maximum Gasteiger partial charge on any atom is 0.430 e. The molecule has 0 rings (SSSR count). The molecular formula is C17H34F3NO2. The minimum absolute atomic E-state index is 1.12. The molecule has 3 N–H and O–H groups in total. The van der Waals surface area contributed by atoms with Gasteiger partial charge in [0.05, 0.1) is 6.54 Å². The van der Waals surface area contributed by atoms with Gasteiger partial charge in [-0.2, -0.15) is 13.2 Å². The minimum atomic E-state index is -5.19. The number of carboxylic acids is 1.